The van der Waals surface area contributed by atoms with Crippen molar-refractivity contribution in [3.8, 4) is 11.3 Å². The van der Waals surface area contributed by atoms with Gasteiger partial charge < -0.3 is 9.84 Å². The van der Waals surface area contributed by atoms with Crippen LogP contribution in [0.3, 0.4) is 0 Å². The van der Waals surface area contributed by atoms with Gasteiger partial charge in [-0.25, -0.2) is 0 Å². The third-order valence-corrected chi connectivity index (χ3v) is 6.34. The van der Waals surface area contributed by atoms with Gasteiger partial charge in [-0.05, 0) is 56.9 Å². The molecule has 2 bridgehead atoms. The summed E-state index contributed by atoms with van der Waals surface area (Å²) in [5, 5.41) is 7.85. The van der Waals surface area contributed by atoms with E-state index in [-0.39, 0.29) is 11.9 Å². The lowest BCUT2D eigenvalue weighted by Crippen LogP contribution is -2.40. The van der Waals surface area contributed by atoms with Crippen LogP contribution in [0.4, 0.5) is 0 Å². The van der Waals surface area contributed by atoms with Crippen molar-refractivity contribution in [1.82, 2.24) is 10.5 Å². The molecule has 0 radical (unpaired) electrons. The monoisotopic (exact) mass is 358 g/mol. The van der Waals surface area contributed by atoms with Gasteiger partial charge in [-0.3, -0.25) is 4.79 Å². The Labute approximate surface area is 152 Å². The van der Waals surface area contributed by atoms with Gasteiger partial charge in [0, 0.05) is 11.6 Å². The first-order chi connectivity index (χ1) is 12.0. The average Bonchev–Trinajstić information content (AvgIpc) is 3.30. The summed E-state index contributed by atoms with van der Waals surface area (Å²) in [6.07, 6.45) is 5.25. The molecule has 1 N–H and O–H groups in total. The predicted molar refractivity (Wildman–Crippen MR) is 97.6 cm³/mol. The fourth-order valence-corrected chi connectivity index (χ4v) is 4.99. The largest absolute Gasteiger partial charge is 0.360 e. The summed E-state index contributed by atoms with van der Waals surface area (Å²) in [6.45, 7) is 3.89. The van der Waals surface area contributed by atoms with E-state index in [1.54, 1.807) is 13.0 Å². The van der Waals surface area contributed by atoms with Gasteiger partial charge in [-0.2, -0.15) is 0 Å². The average molecular weight is 359 g/mol. The molecule has 0 aliphatic heterocycles. The number of nitrogens with zero attached hydrogens (tertiary/aromatic N) is 1. The molecule has 0 spiro atoms. The number of aryl methyl sites for hydroxylation is 1. The van der Waals surface area contributed by atoms with Gasteiger partial charge >= 0.3 is 0 Å². The molecule has 4 nitrogen and oxygen atoms in total. The second kappa shape index (κ2) is 6.49. The van der Waals surface area contributed by atoms with Crippen molar-refractivity contribution in [2.24, 2.45) is 17.8 Å². The topological polar surface area (TPSA) is 55.1 Å². The Balaban J connectivity index is 1.56. The van der Waals surface area contributed by atoms with Crippen LogP contribution in [-0.4, -0.2) is 17.1 Å². The number of fused-ring (bicyclic) bond motifs is 2. The first-order valence-corrected chi connectivity index (χ1v) is 9.44. The van der Waals surface area contributed by atoms with Gasteiger partial charge in [-0.1, -0.05) is 41.4 Å². The van der Waals surface area contributed by atoms with Gasteiger partial charge in [0.15, 0.2) is 0 Å². The van der Waals surface area contributed by atoms with Crippen LogP contribution in [0.2, 0.25) is 5.02 Å². The number of hydrogen-bond acceptors (Lipinski definition) is 3. The van der Waals surface area contributed by atoms with E-state index in [0.717, 1.165) is 17.4 Å². The Bertz CT molecular complexity index is 801. The number of halogens is 1. The molecule has 0 unspecified atom stereocenters. The molecule has 2 aliphatic rings. The summed E-state index contributed by atoms with van der Waals surface area (Å²) < 4.78 is 5.31. The molecule has 5 heteroatoms. The number of rotatable bonds is 4. The van der Waals surface area contributed by atoms with Crippen molar-refractivity contribution < 1.29 is 9.32 Å². The minimum atomic E-state index is -0.121. The van der Waals surface area contributed by atoms with Gasteiger partial charge in [0.05, 0.1) is 5.02 Å². The summed E-state index contributed by atoms with van der Waals surface area (Å²) in [6, 6.07) is 7.55. The normalized spacial score (nSPS) is 26.0. The molecule has 4 rings (SSSR count). The zero-order chi connectivity index (χ0) is 17.6. The maximum Gasteiger partial charge on any atom is 0.257 e. The first-order valence-electron chi connectivity index (χ1n) is 9.06. The second-order valence-electron chi connectivity index (χ2n) is 7.54. The van der Waals surface area contributed by atoms with Crippen molar-refractivity contribution in [1.29, 1.82) is 0 Å². The van der Waals surface area contributed by atoms with Gasteiger partial charge in [0.25, 0.3) is 5.91 Å². The Morgan fingerprint density at radius 3 is 2.80 bits per heavy atom. The van der Waals surface area contributed by atoms with E-state index in [1.807, 2.05) is 18.2 Å². The lowest BCUT2D eigenvalue weighted by Gasteiger charge is -2.28. The predicted octanol–water partition coefficient (Wildman–Crippen LogP) is 4.86. The zero-order valence-corrected chi connectivity index (χ0v) is 15.3. The molecule has 132 valence electrons. The number of hydrogen-bond donors (Lipinski definition) is 1. The van der Waals surface area contributed by atoms with Crippen LogP contribution in [0.25, 0.3) is 11.3 Å². The number of benzene rings is 1. The fourth-order valence-electron chi connectivity index (χ4n) is 4.77. The highest BCUT2D eigenvalue weighted by Crippen LogP contribution is 2.49. The number of aromatic nitrogens is 1. The van der Waals surface area contributed by atoms with E-state index in [2.05, 4.69) is 17.4 Å². The fraction of sp³-hybridized carbons (Fsp3) is 0.500. The number of nitrogens with one attached hydrogen (secondary N) is 1. The second-order valence-corrected chi connectivity index (χ2v) is 7.95. The smallest absolute Gasteiger partial charge is 0.257 e. The minimum absolute atomic E-state index is 0.121. The highest BCUT2D eigenvalue weighted by Gasteiger charge is 2.42. The van der Waals surface area contributed by atoms with E-state index in [9.17, 15) is 4.79 Å². The lowest BCUT2D eigenvalue weighted by atomic mass is 9.84. The van der Waals surface area contributed by atoms with Crippen molar-refractivity contribution in [2.75, 3.05) is 0 Å². The molecule has 2 aromatic rings. The van der Waals surface area contributed by atoms with Crippen LogP contribution in [0, 0.1) is 24.7 Å². The molecular formula is C20H23ClN2O2. The Hall–Kier alpha value is -1.81. The van der Waals surface area contributed by atoms with Crippen LogP contribution in [0.5, 0.6) is 0 Å². The van der Waals surface area contributed by atoms with E-state index in [4.69, 9.17) is 16.1 Å². The molecule has 4 atom stereocenters. The van der Waals surface area contributed by atoms with Crippen molar-refractivity contribution >= 4 is 17.5 Å². The van der Waals surface area contributed by atoms with E-state index < -0.39 is 0 Å². The summed E-state index contributed by atoms with van der Waals surface area (Å²) in [7, 11) is 0. The summed E-state index contributed by atoms with van der Waals surface area (Å²) in [5.41, 5.74) is 1.72. The van der Waals surface area contributed by atoms with Crippen molar-refractivity contribution in [3.63, 3.8) is 0 Å². The van der Waals surface area contributed by atoms with Crippen LogP contribution in [0.15, 0.2) is 28.8 Å². The Morgan fingerprint density at radius 2 is 2.12 bits per heavy atom. The molecule has 1 amide bonds. The van der Waals surface area contributed by atoms with Crippen LogP contribution in [0.1, 0.15) is 48.7 Å². The highest BCUT2D eigenvalue weighted by atomic mass is 35.5. The number of carbonyl (C=O) groups is 1. The standard InChI is InChI=1S/C20H23ClN2O2/c1-11(16-10-13-7-8-14(16)9-13)22-20(24)18-12(2)25-23-19(18)15-5-3-4-6-17(15)21/h3-6,11,13-14,16H,7-10H2,1-2H3,(H,22,24)/t11-,13-,14-,16-/m1/s1. The minimum Gasteiger partial charge on any atom is -0.360 e. The third-order valence-electron chi connectivity index (χ3n) is 6.01. The van der Waals surface area contributed by atoms with E-state index >= 15 is 0 Å². The number of carbonyl (C=O) groups excluding carboxylic acids is 1. The first kappa shape index (κ1) is 16.6. The molecular weight excluding hydrogens is 336 g/mol. The molecule has 0 saturated heterocycles. The number of amides is 1. The lowest BCUT2D eigenvalue weighted by molar-refractivity contribution is 0.0914. The van der Waals surface area contributed by atoms with E-state index in [0.29, 0.717) is 28.0 Å². The summed E-state index contributed by atoms with van der Waals surface area (Å²) in [4.78, 5) is 13.0. The van der Waals surface area contributed by atoms with Gasteiger partial charge in [-0.15, -0.1) is 0 Å². The van der Waals surface area contributed by atoms with Crippen LogP contribution >= 0.6 is 11.6 Å². The Kier molecular flexibility index (Phi) is 4.32. The molecule has 25 heavy (non-hydrogen) atoms. The molecule has 2 saturated carbocycles. The van der Waals surface area contributed by atoms with E-state index in [1.165, 1.54) is 25.7 Å². The van der Waals surface area contributed by atoms with Crippen molar-refractivity contribution in [3.05, 3.63) is 40.6 Å². The van der Waals surface area contributed by atoms with Gasteiger partial charge in [0.1, 0.15) is 17.0 Å². The maximum absolute atomic E-state index is 13.0. The van der Waals surface area contributed by atoms with Gasteiger partial charge in [0.2, 0.25) is 0 Å². The van der Waals surface area contributed by atoms with Crippen LogP contribution in [-0.2, 0) is 0 Å². The molecule has 2 aliphatic carbocycles. The third kappa shape index (κ3) is 2.97. The zero-order valence-electron chi connectivity index (χ0n) is 14.6. The van der Waals surface area contributed by atoms with Crippen molar-refractivity contribution in [2.45, 2.75) is 45.6 Å². The molecule has 1 aromatic carbocycles. The highest BCUT2D eigenvalue weighted by molar-refractivity contribution is 6.33. The SMILES string of the molecule is Cc1onc(-c2ccccc2Cl)c1C(=O)N[C@H](C)[C@H]1C[C@@H]2CC[C@@H]1C2. The molecule has 2 fully saturated rings. The summed E-state index contributed by atoms with van der Waals surface area (Å²) in [5.74, 6) is 2.63. The van der Waals surface area contributed by atoms with Crippen LogP contribution < -0.4 is 5.32 Å². The summed E-state index contributed by atoms with van der Waals surface area (Å²) >= 11 is 6.28. The quantitative estimate of drug-likeness (QED) is 0.849. The molecule has 1 heterocycles. The molecule has 1 aromatic heterocycles. The Morgan fingerprint density at radius 1 is 1.32 bits per heavy atom. The maximum atomic E-state index is 13.0.